The van der Waals surface area contributed by atoms with E-state index < -0.39 is 29.0 Å². The number of hydroxylamine groups is 1. The molecule has 2 rings (SSSR count). The van der Waals surface area contributed by atoms with Crippen molar-refractivity contribution in [2.75, 3.05) is 11.9 Å². The quantitative estimate of drug-likeness (QED) is 0.800. The Kier molecular flexibility index (Phi) is 5.46. The molecule has 0 saturated carbocycles. The lowest BCUT2D eigenvalue weighted by Gasteiger charge is -2.14. The van der Waals surface area contributed by atoms with E-state index in [0.29, 0.717) is 0 Å². The number of nitrogens with one attached hydrogen (secondary N) is 2. The summed E-state index contributed by atoms with van der Waals surface area (Å²) in [5.74, 6) is -4.08. The molecule has 2 aromatic carbocycles. The van der Waals surface area contributed by atoms with Gasteiger partial charge in [-0.1, -0.05) is 11.6 Å². The van der Waals surface area contributed by atoms with Crippen LogP contribution in [0.5, 0.6) is 0 Å². The number of hydrogen-bond donors (Lipinski definition) is 2. The van der Waals surface area contributed by atoms with Crippen LogP contribution in [0.1, 0.15) is 17.3 Å². The molecule has 1 amide bonds. The minimum absolute atomic E-state index is 0.141. The van der Waals surface area contributed by atoms with Crippen molar-refractivity contribution in [3.63, 3.8) is 0 Å². The van der Waals surface area contributed by atoms with Gasteiger partial charge in [-0.15, -0.1) is 0 Å². The average Bonchev–Trinajstić information content (AvgIpc) is 2.52. The molecule has 0 aromatic heterocycles. The second kappa shape index (κ2) is 7.34. The summed E-state index contributed by atoms with van der Waals surface area (Å²) in [6.07, 6.45) is 0. The van der Waals surface area contributed by atoms with Crippen LogP contribution in [0.3, 0.4) is 0 Å². The van der Waals surface area contributed by atoms with Gasteiger partial charge in [0.05, 0.1) is 23.5 Å². The molecule has 4 nitrogen and oxygen atoms in total. The monoisotopic (exact) mass is 344 g/mol. The molecule has 0 unspecified atom stereocenters. The number of amides is 1. The molecule has 0 bridgehead atoms. The fourth-order valence-electron chi connectivity index (χ4n) is 1.78. The Morgan fingerprint density at radius 3 is 2.57 bits per heavy atom. The maximum atomic E-state index is 14.0. The molecule has 122 valence electrons. The van der Waals surface area contributed by atoms with E-state index in [9.17, 15) is 18.0 Å². The number of anilines is 2. The maximum absolute atomic E-state index is 14.0. The van der Waals surface area contributed by atoms with E-state index in [2.05, 4.69) is 10.8 Å². The molecule has 8 heteroatoms. The van der Waals surface area contributed by atoms with E-state index in [1.807, 2.05) is 0 Å². The van der Waals surface area contributed by atoms with Gasteiger partial charge in [0, 0.05) is 5.02 Å². The molecular formula is C15H12ClF3N2O2. The van der Waals surface area contributed by atoms with Crippen LogP contribution in [0.25, 0.3) is 0 Å². The van der Waals surface area contributed by atoms with Crippen molar-refractivity contribution in [3.05, 3.63) is 58.4 Å². The van der Waals surface area contributed by atoms with E-state index in [-0.39, 0.29) is 22.9 Å². The van der Waals surface area contributed by atoms with Gasteiger partial charge in [0.15, 0.2) is 11.6 Å². The summed E-state index contributed by atoms with van der Waals surface area (Å²) < 4.78 is 41.3. The van der Waals surface area contributed by atoms with Crippen LogP contribution in [0.2, 0.25) is 5.02 Å². The van der Waals surface area contributed by atoms with E-state index in [1.54, 1.807) is 6.92 Å². The number of rotatable bonds is 5. The highest BCUT2D eigenvalue weighted by atomic mass is 35.5. The van der Waals surface area contributed by atoms with Gasteiger partial charge in [0.25, 0.3) is 5.91 Å². The van der Waals surface area contributed by atoms with Crippen molar-refractivity contribution in [1.29, 1.82) is 0 Å². The Labute approximate surface area is 135 Å². The van der Waals surface area contributed by atoms with Crippen LogP contribution in [-0.4, -0.2) is 12.5 Å². The highest BCUT2D eigenvalue weighted by Gasteiger charge is 2.20. The standard InChI is InChI=1S/C15H12ClF3N2O2/c1-2-23-21-15(22)9-4-5-10(17)13(19)14(9)20-12-6-3-8(16)7-11(12)18/h3-7,20H,2H2,1H3,(H,21,22). The first-order valence-corrected chi connectivity index (χ1v) is 6.94. The van der Waals surface area contributed by atoms with Gasteiger partial charge >= 0.3 is 0 Å². The number of hydrogen-bond acceptors (Lipinski definition) is 3. The van der Waals surface area contributed by atoms with Crippen LogP contribution in [0.15, 0.2) is 30.3 Å². The summed E-state index contributed by atoms with van der Waals surface area (Å²) in [5, 5.41) is 2.51. The van der Waals surface area contributed by atoms with E-state index in [4.69, 9.17) is 16.4 Å². The first-order valence-electron chi connectivity index (χ1n) is 6.56. The van der Waals surface area contributed by atoms with Crippen LogP contribution in [-0.2, 0) is 4.84 Å². The second-order valence-electron chi connectivity index (χ2n) is 4.40. The summed E-state index contributed by atoms with van der Waals surface area (Å²) in [7, 11) is 0. The molecular weight excluding hydrogens is 333 g/mol. The lowest BCUT2D eigenvalue weighted by molar-refractivity contribution is 0.0365. The fourth-order valence-corrected chi connectivity index (χ4v) is 1.94. The van der Waals surface area contributed by atoms with Crippen LogP contribution in [0, 0.1) is 17.5 Å². The van der Waals surface area contributed by atoms with Crippen LogP contribution in [0.4, 0.5) is 24.5 Å². The highest BCUT2D eigenvalue weighted by molar-refractivity contribution is 6.30. The smallest absolute Gasteiger partial charge is 0.277 e. The van der Waals surface area contributed by atoms with Gasteiger partial charge in [0.1, 0.15) is 5.82 Å². The van der Waals surface area contributed by atoms with E-state index in [1.165, 1.54) is 12.1 Å². The van der Waals surface area contributed by atoms with Gasteiger partial charge < -0.3 is 5.32 Å². The summed E-state index contributed by atoms with van der Waals surface area (Å²) >= 11 is 5.63. The van der Waals surface area contributed by atoms with Crippen LogP contribution >= 0.6 is 11.6 Å². The molecule has 0 atom stereocenters. The normalized spacial score (nSPS) is 10.5. The predicted molar refractivity (Wildman–Crippen MR) is 80.1 cm³/mol. The number of carbonyl (C=O) groups excluding carboxylic acids is 1. The van der Waals surface area contributed by atoms with Crippen molar-refractivity contribution in [2.45, 2.75) is 6.92 Å². The topological polar surface area (TPSA) is 50.4 Å². The number of benzene rings is 2. The third-order valence-corrected chi connectivity index (χ3v) is 3.07. The first-order chi connectivity index (χ1) is 10.9. The third kappa shape index (κ3) is 3.94. The highest BCUT2D eigenvalue weighted by Crippen LogP contribution is 2.29. The molecule has 0 saturated heterocycles. The van der Waals surface area contributed by atoms with Crippen molar-refractivity contribution >= 4 is 28.9 Å². The Morgan fingerprint density at radius 1 is 1.17 bits per heavy atom. The molecule has 0 spiro atoms. The number of carbonyl (C=O) groups is 1. The zero-order valence-corrected chi connectivity index (χ0v) is 12.7. The first kappa shape index (κ1) is 17.1. The van der Waals surface area contributed by atoms with Gasteiger partial charge in [-0.3, -0.25) is 9.63 Å². The Bertz CT molecular complexity index is 741. The zero-order valence-electron chi connectivity index (χ0n) is 11.9. The lowest BCUT2D eigenvalue weighted by Crippen LogP contribution is -2.25. The average molecular weight is 345 g/mol. The lowest BCUT2D eigenvalue weighted by atomic mass is 10.1. The summed E-state index contributed by atoms with van der Waals surface area (Å²) in [5.41, 5.74) is 1.15. The summed E-state index contributed by atoms with van der Waals surface area (Å²) in [6, 6.07) is 5.46. The Morgan fingerprint density at radius 2 is 1.91 bits per heavy atom. The molecule has 23 heavy (non-hydrogen) atoms. The number of halogens is 4. The van der Waals surface area contributed by atoms with Gasteiger partial charge in [-0.25, -0.2) is 18.7 Å². The van der Waals surface area contributed by atoms with Gasteiger partial charge in [0.2, 0.25) is 0 Å². The van der Waals surface area contributed by atoms with Crippen molar-refractivity contribution in [1.82, 2.24) is 5.48 Å². The van der Waals surface area contributed by atoms with Crippen molar-refractivity contribution < 1.29 is 22.8 Å². The largest absolute Gasteiger partial charge is 0.350 e. The molecule has 0 fully saturated rings. The zero-order chi connectivity index (χ0) is 17.0. The Hall–Kier alpha value is -2.25. The molecule has 0 aliphatic heterocycles. The van der Waals surface area contributed by atoms with Crippen molar-refractivity contribution in [2.24, 2.45) is 0 Å². The van der Waals surface area contributed by atoms with Crippen molar-refractivity contribution in [3.8, 4) is 0 Å². The SMILES string of the molecule is CCONC(=O)c1ccc(F)c(F)c1Nc1ccc(Cl)cc1F. The molecule has 0 radical (unpaired) electrons. The Balaban J connectivity index is 2.43. The maximum Gasteiger partial charge on any atom is 0.277 e. The van der Waals surface area contributed by atoms with Gasteiger partial charge in [-0.2, -0.15) is 0 Å². The molecule has 0 heterocycles. The summed E-state index contributed by atoms with van der Waals surface area (Å²) in [4.78, 5) is 16.7. The van der Waals surface area contributed by atoms with E-state index in [0.717, 1.165) is 18.2 Å². The van der Waals surface area contributed by atoms with E-state index >= 15 is 0 Å². The fraction of sp³-hybridized carbons (Fsp3) is 0.133. The molecule has 2 N–H and O–H groups in total. The molecule has 0 aliphatic carbocycles. The van der Waals surface area contributed by atoms with Gasteiger partial charge in [-0.05, 0) is 37.3 Å². The predicted octanol–water partition coefficient (Wildman–Crippen LogP) is 4.18. The third-order valence-electron chi connectivity index (χ3n) is 2.84. The second-order valence-corrected chi connectivity index (χ2v) is 4.83. The molecule has 0 aliphatic rings. The minimum Gasteiger partial charge on any atom is -0.350 e. The minimum atomic E-state index is -1.32. The van der Waals surface area contributed by atoms with Crippen LogP contribution < -0.4 is 10.8 Å². The summed E-state index contributed by atoms with van der Waals surface area (Å²) in [6.45, 7) is 1.82. The molecule has 2 aromatic rings.